The van der Waals surface area contributed by atoms with Crippen molar-refractivity contribution in [3.05, 3.63) is 17.7 Å². The number of nitrogens with two attached hydrogens (primary N) is 1. The van der Waals surface area contributed by atoms with Gasteiger partial charge in [0.2, 0.25) is 5.75 Å². The van der Waals surface area contributed by atoms with Gasteiger partial charge >= 0.3 is 0 Å². The zero-order valence-electron chi connectivity index (χ0n) is 14.4. The average Bonchev–Trinajstić information content (AvgIpc) is 2.82. The lowest BCUT2D eigenvalue weighted by atomic mass is 10.1. The number of ether oxygens (including phenoxy) is 2. The molecule has 1 saturated carbocycles. The number of methoxy groups -OCH3 is 2. The lowest BCUT2D eigenvalue weighted by Gasteiger charge is -2.16. The lowest BCUT2D eigenvalue weighted by molar-refractivity contribution is 0.339. The summed E-state index contributed by atoms with van der Waals surface area (Å²) in [6.45, 7) is 0.401. The van der Waals surface area contributed by atoms with E-state index in [-0.39, 0.29) is 29.7 Å². The van der Waals surface area contributed by atoms with Gasteiger partial charge in [0.05, 0.1) is 20.8 Å². The predicted molar refractivity (Wildman–Crippen MR) is 107 cm³/mol. The lowest BCUT2D eigenvalue weighted by Crippen LogP contribution is -2.39. The Morgan fingerprint density at radius 3 is 2.21 bits per heavy atom. The minimum Gasteiger partial charge on any atom is -0.502 e. The fraction of sp³-hybridized carbons (Fsp3) is 0.588. The Morgan fingerprint density at radius 1 is 1.17 bits per heavy atom. The van der Waals surface area contributed by atoms with Crippen molar-refractivity contribution in [3.8, 4) is 17.2 Å². The van der Waals surface area contributed by atoms with Gasteiger partial charge in [-0.25, -0.2) is 4.99 Å². The molecule has 1 aromatic rings. The van der Waals surface area contributed by atoms with Gasteiger partial charge in [-0.2, -0.15) is 0 Å². The first-order chi connectivity index (χ1) is 11.1. The largest absolute Gasteiger partial charge is 0.502 e. The Hall–Kier alpha value is -1.38. The van der Waals surface area contributed by atoms with Crippen LogP contribution in [0, 0.1) is 0 Å². The van der Waals surface area contributed by atoms with Gasteiger partial charge in [0, 0.05) is 6.04 Å². The Kier molecular flexibility index (Phi) is 9.02. The van der Waals surface area contributed by atoms with Crippen LogP contribution in [0.1, 0.15) is 44.1 Å². The second-order valence-electron chi connectivity index (χ2n) is 5.88. The Labute approximate surface area is 160 Å². The van der Waals surface area contributed by atoms with Gasteiger partial charge in [-0.3, -0.25) is 0 Å². The van der Waals surface area contributed by atoms with Gasteiger partial charge in [0.25, 0.3) is 0 Å². The van der Waals surface area contributed by atoms with E-state index in [2.05, 4.69) is 10.3 Å². The molecule has 0 heterocycles. The van der Waals surface area contributed by atoms with Crippen LogP contribution in [0.5, 0.6) is 17.2 Å². The first kappa shape index (κ1) is 20.7. The molecule has 0 spiro atoms. The van der Waals surface area contributed by atoms with Crippen molar-refractivity contribution >= 4 is 29.9 Å². The van der Waals surface area contributed by atoms with Crippen LogP contribution in [0.2, 0.25) is 0 Å². The SMILES string of the molecule is COc1cc(CN=C(N)NC2CCCCCC2)cc(OC)c1O.I. The van der Waals surface area contributed by atoms with Crippen molar-refractivity contribution in [2.24, 2.45) is 10.7 Å². The molecule has 2 rings (SSSR count). The van der Waals surface area contributed by atoms with E-state index < -0.39 is 0 Å². The third-order valence-electron chi connectivity index (χ3n) is 4.18. The van der Waals surface area contributed by atoms with Gasteiger partial charge in [0.1, 0.15) is 0 Å². The molecular formula is C17H28IN3O3. The van der Waals surface area contributed by atoms with Gasteiger partial charge < -0.3 is 25.6 Å². The number of hydrogen-bond acceptors (Lipinski definition) is 4. The third kappa shape index (κ3) is 5.92. The second-order valence-corrected chi connectivity index (χ2v) is 5.88. The monoisotopic (exact) mass is 449 g/mol. The Bertz CT molecular complexity index is 519. The van der Waals surface area contributed by atoms with Crippen LogP contribution in [0.15, 0.2) is 17.1 Å². The number of nitrogens with one attached hydrogen (secondary N) is 1. The minimum atomic E-state index is -0.00715. The quantitative estimate of drug-likeness (QED) is 0.278. The number of guanidine groups is 1. The highest BCUT2D eigenvalue weighted by molar-refractivity contribution is 14.0. The number of phenolic OH excluding ortho intramolecular Hbond substituents is 1. The van der Waals surface area contributed by atoms with Crippen LogP contribution in [0.25, 0.3) is 0 Å². The van der Waals surface area contributed by atoms with Gasteiger partial charge in [0.15, 0.2) is 17.5 Å². The van der Waals surface area contributed by atoms with E-state index in [1.165, 1.54) is 39.9 Å². The molecule has 0 saturated heterocycles. The number of hydrogen-bond donors (Lipinski definition) is 3. The zero-order valence-corrected chi connectivity index (χ0v) is 16.7. The average molecular weight is 449 g/mol. The molecular weight excluding hydrogens is 421 g/mol. The van der Waals surface area contributed by atoms with E-state index in [9.17, 15) is 5.11 Å². The van der Waals surface area contributed by atoms with Crippen LogP contribution in [-0.4, -0.2) is 31.3 Å². The van der Waals surface area contributed by atoms with Crippen molar-refractivity contribution < 1.29 is 14.6 Å². The van der Waals surface area contributed by atoms with E-state index in [1.54, 1.807) is 12.1 Å². The fourth-order valence-electron chi connectivity index (χ4n) is 2.89. The molecule has 24 heavy (non-hydrogen) atoms. The molecule has 0 bridgehead atoms. The summed E-state index contributed by atoms with van der Waals surface area (Å²) in [6.07, 6.45) is 7.41. The summed E-state index contributed by atoms with van der Waals surface area (Å²) in [4.78, 5) is 4.39. The molecule has 0 atom stereocenters. The van der Waals surface area contributed by atoms with Crippen molar-refractivity contribution in [1.29, 1.82) is 0 Å². The molecule has 7 heteroatoms. The first-order valence-electron chi connectivity index (χ1n) is 8.14. The molecule has 1 aliphatic rings. The van der Waals surface area contributed by atoms with E-state index in [0.717, 1.165) is 18.4 Å². The number of nitrogens with zero attached hydrogens (tertiary/aromatic N) is 1. The molecule has 0 aromatic heterocycles. The molecule has 0 amide bonds. The molecule has 1 aromatic carbocycles. The maximum Gasteiger partial charge on any atom is 0.200 e. The van der Waals surface area contributed by atoms with Crippen LogP contribution in [0.4, 0.5) is 0 Å². The first-order valence-corrected chi connectivity index (χ1v) is 8.14. The normalized spacial score (nSPS) is 16.0. The predicted octanol–water partition coefficient (Wildman–Crippen LogP) is 3.15. The number of phenols is 1. The number of halogens is 1. The summed E-state index contributed by atoms with van der Waals surface area (Å²) in [5.74, 6) is 1.19. The number of aliphatic imine (C=N–C) groups is 1. The number of benzene rings is 1. The van der Waals surface area contributed by atoms with Crippen LogP contribution in [-0.2, 0) is 6.54 Å². The van der Waals surface area contributed by atoms with E-state index in [0.29, 0.717) is 30.0 Å². The topological polar surface area (TPSA) is 89.1 Å². The zero-order chi connectivity index (χ0) is 16.7. The molecule has 1 aliphatic carbocycles. The number of rotatable bonds is 5. The molecule has 4 N–H and O–H groups in total. The van der Waals surface area contributed by atoms with Crippen molar-refractivity contribution in [3.63, 3.8) is 0 Å². The standard InChI is InChI=1S/C17H27N3O3.HI/c1-22-14-9-12(10-15(23-2)16(14)21)11-19-17(18)20-13-7-5-3-4-6-8-13;/h9-10,13,21H,3-8,11H2,1-2H3,(H3,18,19,20);1H. The molecule has 1 fully saturated rings. The van der Waals surface area contributed by atoms with Crippen LogP contribution >= 0.6 is 24.0 Å². The smallest absolute Gasteiger partial charge is 0.200 e. The fourth-order valence-corrected chi connectivity index (χ4v) is 2.89. The van der Waals surface area contributed by atoms with Crippen LogP contribution < -0.4 is 20.5 Å². The van der Waals surface area contributed by atoms with Crippen molar-refractivity contribution in [2.75, 3.05) is 14.2 Å². The molecule has 136 valence electrons. The van der Waals surface area contributed by atoms with E-state index in [1.807, 2.05) is 0 Å². The maximum atomic E-state index is 9.91. The highest BCUT2D eigenvalue weighted by atomic mass is 127. The second kappa shape index (κ2) is 10.5. The Morgan fingerprint density at radius 2 is 1.71 bits per heavy atom. The summed E-state index contributed by atoms with van der Waals surface area (Å²) in [5, 5.41) is 13.2. The maximum absolute atomic E-state index is 9.91. The van der Waals surface area contributed by atoms with Crippen LogP contribution in [0.3, 0.4) is 0 Å². The number of aromatic hydroxyl groups is 1. The summed E-state index contributed by atoms with van der Waals surface area (Å²) in [6, 6.07) is 3.89. The summed E-state index contributed by atoms with van der Waals surface area (Å²) in [7, 11) is 3.01. The Balaban J connectivity index is 0.00000288. The van der Waals surface area contributed by atoms with Gasteiger partial charge in [-0.1, -0.05) is 25.7 Å². The summed E-state index contributed by atoms with van der Waals surface area (Å²) >= 11 is 0. The van der Waals surface area contributed by atoms with Crippen molar-refractivity contribution in [2.45, 2.75) is 51.1 Å². The van der Waals surface area contributed by atoms with Gasteiger partial charge in [-0.15, -0.1) is 24.0 Å². The molecule has 0 unspecified atom stereocenters. The summed E-state index contributed by atoms with van der Waals surface area (Å²) in [5.41, 5.74) is 6.86. The van der Waals surface area contributed by atoms with E-state index >= 15 is 0 Å². The third-order valence-corrected chi connectivity index (χ3v) is 4.18. The van der Waals surface area contributed by atoms with Gasteiger partial charge in [-0.05, 0) is 30.5 Å². The van der Waals surface area contributed by atoms with E-state index in [4.69, 9.17) is 15.2 Å². The van der Waals surface area contributed by atoms with Crippen molar-refractivity contribution in [1.82, 2.24) is 5.32 Å². The highest BCUT2D eigenvalue weighted by Gasteiger charge is 2.13. The highest BCUT2D eigenvalue weighted by Crippen LogP contribution is 2.37. The molecule has 0 radical (unpaired) electrons. The molecule has 0 aliphatic heterocycles. The summed E-state index contributed by atoms with van der Waals surface area (Å²) < 4.78 is 10.3. The minimum absolute atomic E-state index is 0. The molecule has 6 nitrogen and oxygen atoms in total.